The molecule has 60 valence electrons. The summed E-state index contributed by atoms with van der Waals surface area (Å²) in [6.07, 6.45) is 0. The van der Waals surface area contributed by atoms with Gasteiger partial charge in [-0.05, 0) is 31.9 Å². The van der Waals surface area contributed by atoms with Crippen molar-refractivity contribution in [2.24, 2.45) is 0 Å². The second kappa shape index (κ2) is 2.91. The number of phenols is 3. The fourth-order valence-corrected chi connectivity index (χ4v) is 1.68. The van der Waals surface area contributed by atoms with Crippen molar-refractivity contribution in [2.75, 3.05) is 0 Å². The molecule has 0 saturated carbocycles. The van der Waals surface area contributed by atoms with Crippen molar-refractivity contribution in [3.8, 4) is 17.2 Å². The Morgan fingerprint density at radius 2 is 1.55 bits per heavy atom. The Kier molecular flexibility index (Phi) is 2.29. The zero-order chi connectivity index (χ0) is 8.59. The van der Waals surface area contributed by atoms with E-state index in [0.717, 1.165) is 0 Å². The maximum absolute atomic E-state index is 9.15. The topological polar surface area (TPSA) is 60.7 Å². The van der Waals surface area contributed by atoms with Crippen molar-refractivity contribution in [1.29, 1.82) is 0 Å². The maximum Gasteiger partial charge on any atom is 0.175 e. The monoisotopic (exact) mass is 282 g/mol. The van der Waals surface area contributed by atoms with Gasteiger partial charge in [-0.2, -0.15) is 0 Å². The van der Waals surface area contributed by atoms with Crippen molar-refractivity contribution >= 4 is 31.9 Å². The van der Waals surface area contributed by atoms with Crippen molar-refractivity contribution in [1.82, 2.24) is 0 Å². The first-order valence-corrected chi connectivity index (χ1v) is 4.21. The number of hydrogen-bond acceptors (Lipinski definition) is 3. The van der Waals surface area contributed by atoms with Gasteiger partial charge in [0, 0.05) is 6.07 Å². The average molecular weight is 284 g/mol. The zero-order valence-electron chi connectivity index (χ0n) is 5.17. The Bertz CT molecular complexity index is 272. The Balaban J connectivity index is 3.46. The summed E-state index contributed by atoms with van der Waals surface area (Å²) in [4.78, 5) is 0. The summed E-state index contributed by atoms with van der Waals surface area (Å²) < 4.78 is 0.393. The van der Waals surface area contributed by atoms with Gasteiger partial charge in [0.2, 0.25) is 0 Å². The van der Waals surface area contributed by atoms with E-state index in [1.165, 1.54) is 6.07 Å². The number of aromatic hydroxyl groups is 3. The minimum atomic E-state index is -0.370. The van der Waals surface area contributed by atoms with Gasteiger partial charge in [-0.3, -0.25) is 0 Å². The number of hydrogen-bond donors (Lipinski definition) is 3. The highest BCUT2D eigenvalue weighted by Gasteiger charge is 2.12. The van der Waals surface area contributed by atoms with Crippen LogP contribution < -0.4 is 0 Å². The minimum absolute atomic E-state index is 0.0735. The summed E-state index contributed by atoms with van der Waals surface area (Å²) in [6, 6.07) is 1.20. The molecule has 0 aliphatic rings. The summed E-state index contributed by atoms with van der Waals surface area (Å²) >= 11 is 5.87. The van der Waals surface area contributed by atoms with E-state index < -0.39 is 0 Å². The van der Waals surface area contributed by atoms with Gasteiger partial charge in [0.05, 0.1) is 4.47 Å². The molecule has 0 heterocycles. The van der Waals surface area contributed by atoms with E-state index in [1.807, 2.05) is 0 Å². The number of phenolic OH excluding ortho intramolecular Hbond substituents is 3. The summed E-state index contributed by atoms with van der Waals surface area (Å²) in [5.41, 5.74) is 0. The Morgan fingerprint density at radius 1 is 1.00 bits per heavy atom. The fraction of sp³-hybridized carbons (Fsp3) is 0. The molecule has 11 heavy (non-hydrogen) atoms. The Labute approximate surface area is 79.5 Å². The van der Waals surface area contributed by atoms with E-state index >= 15 is 0 Å². The van der Waals surface area contributed by atoms with Crippen molar-refractivity contribution in [3.63, 3.8) is 0 Å². The highest BCUT2D eigenvalue weighted by atomic mass is 79.9. The van der Waals surface area contributed by atoms with Gasteiger partial charge in [-0.25, -0.2) is 0 Å². The molecule has 0 spiro atoms. The number of rotatable bonds is 0. The van der Waals surface area contributed by atoms with Gasteiger partial charge in [0.1, 0.15) is 10.2 Å². The molecule has 0 amide bonds. The van der Waals surface area contributed by atoms with Crippen molar-refractivity contribution in [3.05, 3.63) is 15.0 Å². The Morgan fingerprint density at radius 3 is 2.09 bits per heavy atom. The summed E-state index contributed by atoms with van der Waals surface area (Å²) in [5, 5.41) is 27.2. The van der Waals surface area contributed by atoms with Crippen LogP contribution in [0.1, 0.15) is 0 Å². The highest BCUT2D eigenvalue weighted by molar-refractivity contribution is 9.11. The van der Waals surface area contributed by atoms with Crippen LogP contribution in [-0.2, 0) is 0 Å². The van der Waals surface area contributed by atoms with Crippen LogP contribution in [0.15, 0.2) is 15.0 Å². The van der Waals surface area contributed by atoms with Gasteiger partial charge in [0.15, 0.2) is 11.5 Å². The Hall–Kier alpha value is -0.420. The molecule has 1 aromatic rings. The fourth-order valence-electron chi connectivity index (χ4n) is 0.586. The average Bonchev–Trinajstić information content (AvgIpc) is 1.97. The third-order valence-electron chi connectivity index (χ3n) is 1.15. The summed E-state index contributed by atoms with van der Waals surface area (Å²) in [6.45, 7) is 0. The highest BCUT2D eigenvalue weighted by Crippen LogP contribution is 2.44. The molecular formula is C6H4Br2O3. The molecule has 0 fully saturated rings. The molecule has 1 rings (SSSR count). The molecule has 5 heteroatoms. The van der Waals surface area contributed by atoms with Gasteiger partial charge in [0.25, 0.3) is 0 Å². The predicted octanol–water partition coefficient (Wildman–Crippen LogP) is 2.33. The molecular weight excluding hydrogens is 280 g/mol. The van der Waals surface area contributed by atoms with Gasteiger partial charge in [-0.15, -0.1) is 0 Å². The molecule has 1 aromatic carbocycles. The first kappa shape index (κ1) is 8.67. The van der Waals surface area contributed by atoms with E-state index in [9.17, 15) is 0 Å². The molecule has 0 bridgehead atoms. The molecule has 3 N–H and O–H groups in total. The minimum Gasteiger partial charge on any atom is -0.505 e. The predicted molar refractivity (Wildman–Crippen MR) is 46.8 cm³/mol. The first-order valence-electron chi connectivity index (χ1n) is 2.63. The first-order chi connectivity index (χ1) is 5.04. The molecule has 0 atom stereocenters. The summed E-state index contributed by atoms with van der Waals surface area (Å²) in [5.74, 6) is -0.799. The lowest BCUT2D eigenvalue weighted by Crippen LogP contribution is -1.75. The van der Waals surface area contributed by atoms with E-state index in [-0.39, 0.29) is 21.7 Å². The zero-order valence-corrected chi connectivity index (χ0v) is 8.35. The lowest BCUT2D eigenvalue weighted by atomic mass is 10.3. The second-order valence-electron chi connectivity index (χ2n) is 1.89. The second-order valence-corrected chi connectivity index (χ2v) is 3.54. The lowest BCUT2D eigenvalue weighted by Gasteiger charge is -2.03. The van der Waals surface area contributed by atoms with Crippen LogP contribution >= 0.6 is 31.9 Å². The van der Waals surface area contributed by atoms with Crippen LogP contribution in [-0.4, -0.2) is 15.3 Å². The lowest BCUT2D eigenvalue weighted by molar-refractivity contribution is 0.391. The van der Waals surface area contributed by atoms with Crippen LogP contribution in [0.3, 0.4) is 0 Å². The van der Waals surface area contributed by atoms with Gasteiger partial charge >= 0.3 is 0 Å². The van der Waals surface area contributed by atoms with Crippen molar-refractivity contribution < 1.29 is 15.3 Å². The van der Waals surface area contributed by atoms with E-state index in [4.69, 9.17) is 15.3 Å². The summed E-state index contributed by atoms with van der Waals surface area (Å²) in [7, 11) is 0. The van der Waals surface area contributed by atoms with Crippen LogP contribution in [0.5, 0.6) is 17.2 Å². The van der Waals surface area contributed by atoms with E-state index in [0.29, 0.717) is 4.47 Å². The smallest absolute Gasteiger partial charge is 0.175 e. The SMILES string of the molecule is Oc1cc(Br)c(O)c(Br)c1O. The maximum atomic E-state index is 9.15. The van der Waals surface area contributed by atoms with Gasteiger partial charge < -0.3 is 15.3 Å². The van der Waals surface area contributed by atoms with E-state index in [2.05, 4.69) is 31.9 Å². The largest absolute Gasteiger partial charge is 0.505 e. The normalized spacial score (nSPS) is 10.0. The van der Waals surface area contributed by atoms with Crippen LogP contribution in [0.2, 0.25) is 0 Å². The molecule has 0 aliphatic carbocycles. The quantitative estimate of drug-likeness (QED) is 0.506. The number of benzene rings is 1. The van der Waals surface area contributed by atoms with Crippen LogP contribution in [0, 0.1) is 0 Å². The third-order valence-corrected chi connectivity index (χ3v) is 2.50. The van der Waals surface area contributed by atoms with Crippen LogP contribution in [0.4, 0.5) is 0 Å². The van der Waals surface area contributed by atoms with E-state index in [1.54, 1.807) is 0 Å². The molecule has 0 aromatic heterocycles. The van der Waals surface area contributed by atoms with Crippen LogP contribution in [0.25, 0.3) is 0 Å². The standard InChI is InChI=1S/C6H4Br2O3/c7-2-1-3(9)6(11)4(8)5(2)10/h1,9-11H. The third kappa shape index (κ3) is 1.44. The van der Waals surface area contributed by atoms with Crippen molar-refractivity contribution in [2.45, 2.75) is 0 Å². The molecule has 0 unspecified atom stereocenters. The molecule has 0 saturated heterocycles. The van der Waals surface area contributed by atoms with Gasteiger partial charge in [-0.1, -0.05) is 0 Å². The molecule has 0 radical (unpaired) electrons. The molecule has 0 aliphatic heterocycles. The molecule has 3 nitrogen and oxygen atoms in total. The number of halogens is 2.